The summed E-state index contributed by atoms with van der Waals surface area (Å²) >= 11 is 0. The first-order chi connectivity index (χ1) is 13.9. The summed E-state index contributed by atoms with van der Waals surface area (Å²) in [6, 6.07) is 8.58. The van der Waals surface area contributed by atoms with Gasteiger partial charge in [0.2, 0.25) is 0 Å². The van der Waals surface area contributed by atoms with Gasteiger partial charge in [0, 0.05) is 0 Å². The van der Waals surface area contributed by atoms with E-state index < -0.39 is 0 Å². The van der Waals surface area contributed by atoms with Crippen LogP contribution in [0.4, 0.5) is 0 Å². The van der Waals surface area contributed by atoms with Crippen LogP contribution in [0.3, 0.4) is 0 Å². The molecule has 1 aromatic carbocycles. The molecule has 0 saturated carbocycles. The lowest BCUT2D eigenvalue weighted by atomic mass is 10.0. The van der Waals surface area contributed by atoms with Crippen LogP contribution in [0.25, 0.3) is 0 Å². The summed E-state index contributed by atoms with van der Waals surface area (Å²) < 4.78 is 5.87. The first-order valence-electron chi connectivity index (χ1n) is 12.6. The Morgan fingerprint density at radius 2 is 1.00 bits per heavy atom. The molecule has 28 heavy (non-hydrogen) atoms. The molecule has 1 rings (SSSR count). The molecular formula is C27H48O. The first kappa shape index (κ1) is 25.1. The second-order valence-electron chi connectivity index (χ2n) is 8.51. The van der Waals surface area contributed by atoms with Gasteiger partial charge in [0.15, 0.2) is 0 Å². The Kier molecular flexibility index (Phi) is 17.3. The van der Waals surface area contributed by atoms with Gasteiger partial charge in [-0.15, -0.1) is 0 Å². The minimum Gasteiger partial charge on any atom is -0.493 e. The Hall–Kier alpha value is -0.980. The molecule has 0 heterocycles. The van der Waals surface area contributed by atoms with Gasteiger partial charge in [-0.1, -0.05) is 128 Å². The maximum absolute atomic E-state index is 5.87. The van der Waals surface area contributed by atoms with Crippen LogP contribution < -0.4 is 4.74 Å². The molecule has 0 spiro atoms. The maximum Gasteiger partial charge on any atom is 0.122 e. The Morgan fingerprint density at radius 1 is 0.536 bits per heavy atom. The summed E-state index contributed by atoms with van der Waals surface area (Å²) in [5.41, 5.74) is 1.39. The van der Waals surface area contributed by atoms with Crippen molar-refractivity contribution < 1.29 is 4.74 Å². The van der Waals surface area contributed by atoms with Crippen LogP contribution in [-0.4, -0.2) is 6.61 Å². The molecule has 0 aromatic heterocycles. The number of aryl methyl sites for hydroxylation is 1. The highest BCUT2D eigenvalue weighted by Gasteiger charge is 2.02. The largest absolute Gasteiger partial charge is 0.493 e. The number of hydrogen-bond donors (Lipinski definition) is 0. The highest BCUT2D eigenvalue weighted by molar-refractivity contribution is 5.33. The standard InChI is InChI=1S/C27H48O/c1-3-5-6-7-8-9-10-11-12-13-14-15-16-17-18-19-22-26-23-20-21-24-27(26)28-25-4-2/h20-21,23-24H,3-19,22,25H2,1-2H3. The number of para-hydroxylation sites is 1. The van der Waals surface area contributed by atoms with E-state index >= 15 is 0 Å². The molecule has 0 N–H and O–H groups in total. The summed E-state index contributed by atoms with van der Waals surface area (Å²) in [6.45, 7) is 5.29. The van der Waals surface area contributed by atoms with E-state index in [9.17, 15) is 0 Å². The smallest absolute Gasteiger partial charge is 0.122 e. The van der Waals surface area contributed by atoms with Gasteiger partial charge in [-0.2, -0.15) is 0 Å². The zero-order chi connectivity index (χ0) is 20.1. The van der Waals surface area contributed by atoms with Crippen molar-refractivity contribution in [2.24, 2.45) is 0 Å². The van der Waals surface area contributed by atoms with E-state index in [1.54, 1.807) is 0 Å². The number of ether oxygens (including phenoxy) is 1. The molecule has 0 atom stereocenters. The SMILES string of the molecule is CCCCCCCCCCCCCCCCCCc1ccccc1OCCC. The predicted octanol–water partition coefficient (Wildman–Crippen LogP) is 9.28. The maximum atomic E-state index is 5.87. The molecule has 0 amide bonds. The highest BCUT2D eigenvalue weighted by atomic mass is 16.5. The highest BCUT2D eigenvalue weighted by Crippen LogP contribution is 2.21. The second kappa shape index (κ2) is 19.3. The zero-order valence-electron chi connectivity index (χ0n) is 19.2. The van der Waals surface area contributed by atoms with Crippen molar-refractivity contribution in [2.75, 3.05) is 6.61 Å². The fourth-order valence-electron chi connectivity index (χ4n) is 3.93. The predicted molar refractivity (Wildman–Crippen MR) is 125 cm³/mol. The molecule has 0 aliphatic rings. The summed E-state index contributed by atoms with van der Waals surface area (Å²) in [5, 5.41) is 0. The van der Waals surface area contributed by atoms with Crippen molar-refractivity contribution >= 4 is 0 Å². The number of unbranched alkanes of at least 4 members (excludes halogenated alkanes) is 15. The van der Waals surface area contributed by atoms with Gasteiger partial charge >= 0.3 is 0 Å². The molecule has 0 aliphatic carbocycles. The zero-order valence-corrected chi connectivity index (χ0v) is 19.2. The molecule has 1 aromatic rings. The van der Waals surface area contributed by atoms with Crippen molar-refractivity contribution in [1.82, 2.24) is 0 Å². The van der Waals surface area contributed by atoms with Crippen LogP contribution in [0.1, 0.15) is 129 Å². The van der Waals surface area contributed by atoms with Crippen molar-refractivity contribution in [3.05, 3.63) is 29.8 Å². The summed E-state index contributed by atoms with van der Waals surface area (Å²) in [7, 11) is 0. The van der Waals surface area contributed by atoms with E-state index in [0.29, 0.717) is 0 Å². The average molecular weight is 389 g/mol. The van der Waals surface area contributed by atoms with Gasteiger partial charge in [0.1, 0.15) is 5.75 Å². The van der Waals surface area contributed by atoms with E-state index in [-0.39, 0.29) is 0 Å². The van der Waals surface area contributed by atoms with Gasteiger partial charge in [0.05, 0.1) is 6.61 Å². The Morgan fingerprint density at radius 3 is 1.50 bits per heavy atom. The van der Waals surface area contributed by atoms with Gasteiger partial charge in [-0.25, -0.2) is 0 Å². The number of rotatable bonds is 20. The van der Waals surface area contributed by atoms with E-state index in [2.05, 4.69) is 38.1 Å². The fraction of sp³-hybridized carbons (Fsp3) is 0.778. The fourth-order valence-corrected chi connectivity index (χ4v) is 3.93. The Bertz CT molecular complexity index is 440. The molecule has 0 fully saturated rings. The number of hydrogen-bond acceptors (Lipinski definition) is 1. The van der Waals surface area contributed by atoms with Crippen molar-refractivity contribution in [3.63, 3.8) is 0 Å². The van der Waals surface area contributed by atoms with Crippen LogP contribution in [-0.2, 0) is 6.42 Å². The van der Waals surface area contributed by atoms with Crippen molar-refractivity contribution in [3.8, 4) is 5.75 Å². The summed E-state index contributed by atoms with van der Waals surface area (Å²) in [6.07, 6.45) is 25.1. The quantitative estimate of drug-likeness (QED) is 0.202. The lowest BCUT2D eigenvalue weighted by Crippen LogP contribution is -1.99. The molecule has 1 nitrogen and oxygen atoms in total. The Balaban J connectivity index is 1.86. The molecule has 0 aliphatic heterocycles. The minimum atomic E-state index is 0.829. The van der Waals surface area contributed by atoms with Crippen LogP contribution in [0.2, 0.25) is 0 Å². The van der Waals surface area contributed by atoms with E-state index in [1.165, 1.54) is 115 Å². The monoisotopic (exact) mass is 388 g/mol. The third-order valence-electron chi connectivity index (χ3n) is 5.73. The summed E-state index contributed by atoms with van der Waals surface area (Å²) in [5.74, 6) is 1.10. The van der Waals surface area contributed by atoms with Gasteiger partial charge in [-0.3, -0.25) is 0 Å². The van der Waals surface area contributed by atoms with Crippen molar-refractivity contribution in [2.45, 2.75) is 129 Å². The molecule has 0 bridgehead atoms. The summed E-state index contributed by atoms with van der Waals surface area (Å²) in [4.78, 5) is 0. The van der Waals surface area contributed by atoms with Crippen LogP contribution in [0.5, 0.6) is 5.75 Å². The lowest BCUT2D eigenvalue weighted by molar-refractivity contribution is 0.314. The minimum absolute atomic E-state index is 0.829. The second-order valence-corrected chi connectivity index (χ2v) is 8.51. The number of benzene rings is 1. The van der Waals surface area contributed by atoms with Gasteiger partial charge in [-0.05, 0) is 30.9 Å². The molecule has 162 valence electrons. The van der Waals surface area contributed by atoms with Crippen molar-refractivity contribution in [1.29, 1.82) is 0 Å². The van der Waals surface area contributed by atoms with Crippen LogP contribution in [0, 0.1) is 0 Å². The molecule has 0 saturated heterocycles. The van der Waals surface area contributed by atoms with E-state index in [4.69, 9.17) is 4.74 Å². The molecular weight excluding hydrogens is 340 g/mol. The van der Waals surface area contributed by atoms with Gasteiger partial charge in [0.25, 0.3) is 0 Å². The lowest BCUT2D eigenvalue weighted by Gasteiger charge is -2.10. The van der Waals surface area contributed by atoms with E-state index in [0.717, 1.165) is 18.8 Å². The van der Waals surface area contributed by atoms with Crippen LogP contribution >= 0.6 is 0 Å². The first-order valence-corrected chi connectivity index (χ1v) is 12.6. The van der Waals surface area contributed by atoms with Gasteiger partial charge < -0.3 is 4.74 Å². The van der Waals surface area contributed by atoms with Crippen LogP contribution in [0.15, 0.2) is 24.3 Å². The van der Waals surface area contributed by atoms with E-state index in [1.807, 2.05) is 0 Å². The topological polar surface area (TPSA) is 9.23 Å². The third kappa shape index (κ3) is 14.1. The molecule has 0 unspecified atom stereocenters. The molecule has 0 radical (unpaired) electrons. The Labute approximate surface area is 176 Å². The average Bonchev–Trinajstić information content (AvgIpc) is 2.72. The third-order valence-corrected chi connectivity index (χ3v) is 5.73. The normalized spacial score (nSPS) is 11.1. The molecule has 1 heteroatoms.